The van der Waals surface area contributed by atoms with E-state index in [0.717, 1.165) is 22.4 Å². The number of ether oxygens (including phenoxy) is 3. The molecular formula is C27H34FNO6. The number of hydrogen-bond donors (Lipinski definition) is 3. The van der Waals surface area contributed by atoms with Crippen LogP contribution in [0.15, 0.2) is 30.3 Å². The molecule has 2 aliphatic rings. The van der Waals surface area contributed by atoms with Crippen molar-refractivity contribution in [1.29, 1.82) is 0 Å². The number of aliphatic hydroxyl groups is 1. The van der Waals surface area contributed by atoms with Gasteiger partial charge in [-0.3, -0.25) is 4.79 Å². The summed E-state index contributed by atoms with van der Waals surface area (Å²) in [6.45, 7) is 8.12. The molecule has 1 aliphatic carbocycles. The average Bonchev–Trinajstić information content (AvgIpc) is 3.39. The zero-order valence-electron chi connectivity index (χ0n) is 20.8. The number of aryl methyl sites for hydroxylation is 1. The van der Waals surface area contributed by atoms with Gasteiger partial charge in [0.25, 0.3) is 0 Å². The quantitative estimate of drug-likeness (QED) is 0.444. The molecule has 3 N–H and O–H groups in total. The van der Waals surface area contributed by atoms with Gasteiger partial charge in [0.2, 0.25) is 0 Å². The first kappa shape index (κ1) is 25.4. The summed E-state index contributed by atoms with van der Waals surface area (Å²) in [4.78, 5) is 11.5. The van der Waals surface area contributed by atoms with Crippen LogP contribution >= 0.6 is 0 Å². The lowest BCUT2D eigenvalue weighted by Gasteiger charge is -2.28. The number of aliphatic hydroxyl groups excluding tert-OH is 1. The van der Waals surface area contributed by atoms with Gasteiger partial charge >= 0.3 is 5.97 Å². The molecule has 4 rings (SSSR count). The third-order valence-corrected chi connectivity index (χ3v) is 6.94. The van der Waals surface area contributed by atoms with Crippen LogP contribution in [-0.4, -0.2) is 54.2 Å². The van der Waals surface area contributed by atoms with E-state index >= 15 is 0 Å². The molecular weight excluding hydrogens is 453 g/mol. The fourth-order valence-corrected chi connectivity index (χ4v) is 4.92. The molecule has 7 nitrogen and oxygen atoms in total. The SMILES string of the molecule is COc1ccc(CC(C)(C)NCC(O)CO[C@H](C)c2ccc(C)c3c2[C@@H]2[C@H](O3)[C@H]2C(=O)O)c(F)c1. The van der Waals surface area contributed by atoms with Crippen molar-refractivity contribution in [2.75, 3.05) is 20.3 Å². The molecule has 190 valence electrons. The number of benzene rings is 2. The predicted octanol–water partition coefficient (Wildman–Crippen LogP) is 3.75. The zero-order chi connectivity index (χ0) is 25.5. The molecule has 35 heavy (non-hydrogen) atoms. The maximum absolute atomic E-state index is 14.3. The Morgan fingerprint density at radius 3 is 2.69 bits per heavy atom. The molecule has 0 bridgehead atoms. The van der Waals surface area contributed by atoms with E-state index in [-0.39, 0.29) is 37.1 Å². The van der Waals surface area contributed by atoms with E-state index in [9.17, 15) is 19.4 Å². The van der Waals surface area contributed by atoms with Crippen molar-refractivity contribution in [3.05, 3.63) is 58.4 Å². The third kappa shape index (κ3) is 5.29. The van der Waals surface area contributed by atoms with Gasteiger partial charge in [0, 0.05) is 29.6 Å². The fraction of sp³-hybridized carbons (Fsp3) is 0.519. The summed E-state index contributed by atoms with van der Waals surface area (Å²) in [7, 11) is 1.50. The maximum atomic E-state index is 14.3. The Hall–Kier alpha value is -2.68. The summed E-state index contributed by atoms with van der Waals surface area (Å²) in [6, 6.07) is 8.72. The highest BCUT2D eigenvalue weighted by atomic mass is 19.1. The number of fused-ring (bicyclic) bond motifs is 3. The van der Waals surface area contributed by atoms with Gasteiger partial charge in [0.15, 0.2) is 0 Å². The van der Waals surface area contributed by atoms with E-state index in [1.54, 1.807) is 12.1 Å². The zero-order valence-corrected chi connectivity index (χ0v) is 20.8. The Kier molecular flexibility index (Phi) is 7.09. The van der Waals surface area contributed by atoms with Crippen LogP contribution in [0, 0.1) is 18.7 Å². The molecule has 1 unspecified atom stereocenters. The van der Waals surface area contributed by atoms with Crippen molar-refractivity contribution >= 4 is 5.97 Å². The van der Waals surface area contributed by atoms with Crippen LogP contribution in [0.5, 0.6) is 11.5 Å². The molecule has 1 heterocycles. The summed E-state index contributed by atoms with van der Waals surface area (Å²) in [5, 5.41) is 23.3. The molecule has 1 fully saturated rings. The molecule has 2 aromatic rings. The highest BCUT2D eigenvalue weighted by molar-refractivity contribution is 5.79. The lowest BCUT2D eigenvalue weighted by molar-refractivity contribution is -0.139. The van der Waals surface area contributed by atoms with Crippen LogP contribution in [0.3, 0.4) is 0 Å². The lowest BCUT2D eigenvalue weighted by Crippen LogP contribution is -2.46. The van der Waals surface area contributed by atoms with Gasteiger partial charge in [-0.15, -0.1) is 0 Å². The largest absolute Gasteiger partial charge is 0.497 e. The Morgan fingerprint density at radius 1 is 1.29 bits per heavy atom. The van der Waals surface area contributed by atoms with Crippen molar-refractivity contribution in [3.63, 3.8) is 0 Å². The van der Waals surface area contributed by atoms with Gasteiger partial charge in [-0.1, -0.05) is 18.2 Å². The number of aliphatic carboxylic acids is 1. The normalized spacial score (nSPS) is 22.1. The van der Waals surface area contributed by atoms with Crippen molar-refractivity contribution in [2.24, 2.45) is 5.92 Å². The lowest BCUT2D eigenvalue weighted by atomic mass is 9.94. The second-order valence-corrected chi connectivity index (χ2v) is 10.2. The summed E-state index contributed by atoms with van der Waals surface area (Å²) in [5.41, 5.74) is 2.91. The number of carbonyl (C=O) groups is 1. The first-order valence-corrected chi connectivity index (χ1v) is 11.9. The molecule has 0 aromatic heterocycles. The second-order valence-electron chi connectivity index (χ2n) is 10.2. The van der Waals surface area contributed by atoms with E-state index < -0.39 is 23.5 Å². The molecule has 0 amide bonds. The number of carboxylic acids is 1. The topological polar surface area (TPSA) is 97.3 Å². The number of hydrogen-bond acceptors (Lipinski definition) is 6. The second kappa shape index (κ2) is 9.76. The highest BCUT2D eigenvalue weighted by Gasteiger charge is 2.64. The van der Waals surface area contributed by atoms with Gasteiger partial charge < -0.3 is 29.7 Å². The Bertz CT molecular complexity index is 1100. The summed E-state index contributed by atoms with van der Waals surface area (Å²) < 4.78 is 31.3. The summed E-state index contributed by atoms with van der Waals surface area (Å²) >= 11 is 0. The molecule has 1 saturated carbocycles. The number of methoxy groups -OCH3 is 1. The highest BCUT2D eigenvalue weighted by Crippen LogP contribution is 2.61. The average molecular weight is 488 g/mol. The predicted molar refractivity (Wildman–Crippen MR) is 129 cm³/mol. The van der Waals surface area contributed by atoms with Crippen molar-refractivity contribution < 1.29 is 33.6 Å². The van der Waals surface area contributed by atoms with Crippen LogP contribution in [0.25, 0.3) is 0 Å². The summed E-state index contributed by atoms with van der Waals surface area (Å²) in [6.07, 6.45) is -0.970. The number of β-amino-alcohol motifs (C(OH)–C–C–N with tert-alkyl or cyclic N) is 1. The van der Waals surface area contributed by atoms with Gasteiger partial charge in [0.1, 0.15) is 29.3 Å². The Balaban J connectivity index is 1.31. The van der Waals surface area contributed by atoms with Crippen LogP contribution < -0.4 is 14.8 Å². The van der Waals surface area contributed by atoms with Crippen LogP contribution in [0.2, 0.25) is 0 Å². The number of halogens is 1. The molecule has 0 saturated heterocycles. The third-order valence-electron chi connectivity index (χ3n) is 6.94. The number of carboxylic acid groups (broad SMARTS) is 1. The van der Waals surface area contributed by atoms with E-state index in [4.69, 9.17) is 14.2 Å². The van der Waals surface area contributed by atoms with Crippen molar-refractivity contribution in [1.82, 2.24) is 5.32 Å². The monoisotopic (exact) mass is 487 g/mol. The number of rotatable bonds is 11. The minimum absolute atomic E-state index is 0.0983. The standard InChI is InChI=1S/C27H34FNO6/c1-14-6-9-19(21-22-23(26(31)32)25(22)35-24(14)21)15(2)34-13-17(30)12-29-27(3,4)11-16-7-8-18(33-5)10-20(16)28/h6-10,15,17,22-23,25,29-30H,11-13H2,1-5H3,(H,31,32)/t15-,17?,22+,23+,25+/m1/s1. The fourth-order valence-electron chi connectivity index (χ4n) is 4.92. The van der Waals surface area contributed by atoms with Crippen LogP contribution in [0.4, 0.5) is 4.39 Å². The van der Waals surface area contributed by atoms with Gasteiger partial charge in [-0.05, 0) is 56.9 Å². The smallest absolute Gasteiger partial charge is 0.311 e. The van der Waals surface area contributed by atoms with E-state index in [0.29, 0.717) is 17.7 Å². The van der Waals surface area contributed by atoms with Crippen molar-refractivity contribution in [2.45, 2.75) is 63.9 Å². The van der Waals surface area contributed by atoms with E-state index in [2.05, 4.69) is 5.32 Å². The van der Waals surface area contributed by atoms with Crippen LogP contribution in [-0.2, 0) is 16.0 Å². The molecule has 0 spiro atoms. The first-order chi connectivity index (χ1) is 16.5. The van der Waals surface area contributed by atoms with Crippen molar-refractivity contribution in [3.8, 4) is 11.5 Å². The number of nitrogens with one attached hydrogen (secondary N) is 1. The molecule has 2 aromatic carbocycles. The van der Waals surface area contributed by atoms with E-state index in [1.807, 2.05) is 39.8 Å². The Morgan fingerprint density at radius 2 is 2.03 bits per heavy atom. The molecule has 1 aliphatic heterocycles. The molecule has 0 radical (unpaired) electrons. The van der Waals surface area contributed by atoms with Crippen LogP contribution in [0.1, 0.15) is 55.0 Å². The molecule has 5 atom stereocenters. The van der Waals surface area contributed by atoms with Gasteiger partial charge in [0.05, 0.1) is 25.9 Å². The summed E-state index contributed by atoms with van der Waals surface area (Å²) in [5.74, 6) is -0.586. The minimum atomic E-state index is -0.842. The first-order valence-electron chi connectivity index (χ1n) is 11.9. The molecule has 8 heteroatoms. The minimum Gasteiger partial charge on any atom is -0.497 e. The Labute approximate surface area is 205 Å². The van der Waals surface area contributed by atoms with Gasteiger partial charge in [-0.2, -0.15) is 0 Å². The van der Waals surface area contributed by atoms with E-state index in [1.165, 1.54) is 13.2 Å². The maximum Gasteiger partial charge on any atom is 0.311 e. The van der Waals surface area contributed by atoms with Gasteiger partial charge in [-0.25, -0.2) is 4.39 Å².